The van der Waals surface area contributed by atoms with E-state index in [1.54, 1.807) is 10.7 Å². The van der Waals surface area contributed by atoms with Crippen LogP contribution in [0.3, 0.4) is 0 Å². The number of halogens is 1. The van der Waals surface area contributed by atoms with Gasteiger partial charge < -0.3 is 0 Å². The molecule has 1 aliphatic carbocycles. The highest BCUT2D eigenvalue weighted by molar-refractivity contribution is 5.95. The lowest BCUT2D eigenvalue weighted by atomic mass is 10.1. The maximum atomic E-state index is 15.1. The summed E-state index contributed by atoms with van der Waals surface area (Å²) in [6.45, 7) is 4.82. The van der Waals surface area contributed by atoms with Crippen LogP contribution in [0.25, 0.3) is 27.8 Å². The standard InChI is InChI=1S/C21H21FN6/c1-3-9-28-21-15(20(26-28)24-13(2)14-7-8-14)11-17(22)19(25-21)16-12-23-27-10-5-4-6-18(16)27/h4-6,10-12,14H,3,7-9H2,1-2H3. The number of aromatic nitrogens is 5. The smallest absolute Gasteiger partial charge is 0.183 e. The van der Waals surface area contributed by atoms with Crippen molar-refractivity contribution >= 4 is 28.1 Å². The molecule has 1 fully saturated rings. The molecule has 28 heavy (non-hydrogen) atoms. The molecule has 0 unspecified atom stereocenters. The fourth-order valence-corrected chi connectivity index (χ4v) is 3.57. The highest BCUT2D eigenvalue weighted by atomic mass is 19.1. The molecule has 5 rings (SSSR count). The lowest BCUT2D eigenvalue weighted by Gasteiger charge is -2.04. The molecule has 0 spiro atoms. The zero-order chi connectivity index (χ0) is 19.3. The van der Waals surface area contributed by atoms with Crippen molar-refractivity contribution in [1.82, 2.24) is 24.4 Å². The molecule has 6 nitrogen and oxygen atoms in total. The van der Waals surface area contributed by atoms with E-state index in [1.165, 1.54) is 18.9 Å². The van der Waals surface area contributed by atoms with Gasteiger partial charge in [0, 0.05) is 24.0 Å². The molecule has 0 amide bonds. The fraction of sp³-hybridized carbons (Fsp3) is 0.333. The van der Waals surface area contributed by atoms with Crippen LogP contribution in [0.1, 0.15) is 33.1 Å². The normalized spacial score (nSPS) is 15.0. The summed E-state index contributed by atoms with van der Waals surface area (Å²) >= 11 is 0. The first-order valence-corrected chi connectivity index (χ1v) is 9.70. The third-order valence-corrected chi connectivity index (χ3v) is 5.22. The van der Waals surface area contributed by atoms with Crippen LogP contribution < -0.4 is 0 Å². The number of rotatable bonds is 5. The Morgan fingerprint density at radius 1 is 1.32 bits per heavy atom. The van der Waals surface area contributed by atoms with Crippen LogP contribution in [0.5, 0.6) is 0 Å². The van der Waals surface area contributed by atoms with Gasteiger partial charge in [0.15, 0.2) is 17.3 Å². The van der Waals surface area contributed by atoms with Gasteiger partial charge in [-0.2, -0.15) is 10.2 Å². The van der Waals surface area contributed by atoms with E-state index in [2.05, 4.69) is 22.1 Å². The second kappa shape index (κ2) is 6.51. The molecule has 1 aliphatic rings. The van der Waals surface area contributed by atoms with Gasteiger partial charge in [-0.15, -0.1) is 0 Å². The van der Waals surface area contributed by atoms with E-state index >= 15 is 4.39 Å². The third kappa shape index (κ3) is 2.78. The van der Waals surface area contributed by atoms with E-state index in [4.69, 9.17) is 4.99 Å². The van der Waals surface area contributed by atoms with Crippen molar-refractivity contribution in [2.24, 2.45) is 10.9 Å². The average Bonchev–Trinajstić information content (AvgIpc) is 3.39. The highest BCUT2D eigenvalue weighted by Crippen LogP contribution is 2.35. The molecule has 0 bridgehead atoms. The van der Waals surface area contributed by atoms with Crippen LogP contribution in [0.4, 0.5) is 10.2 Å². The van der Waals surface area contributed by atoms with Crippen molar-refractivity contribution in [2.75, 3.05) is 0 Å². The van der Waals surface area contributed by atoms with Gasteiger partial charge in [0.2, 0.25) is 0 Å². The second-order valence-electron chi connectivity index (χ2n) is 7.35. The molecule has 0 radical (unpaired) electrons. The lowest BCUT2D eigenvalue weighted by Crippen LogP contribution is -2.01. The monoisotopic (exact) mass is 376 g/mol. The number of aliphatic imine (C=N–C) groups is 1. The molecular weight excluding hydrogens is 355 g/mol. The predicted octanol–water partition coefficient (Wildman–Crippen LogP) is 4.80. The molecule has 7 heteroatoms. The first kappa shape index (κ1) is 17.0. The summed E-state index contributed by atoms with van der Waals surface area (Å²) in [6, 6.07) is 7.22. The van der Waals surface area contributed by atoms with Crippen molar-refractivity contribution in [3.05, 3.63) is 42.5 Å². The van der Waals surface area contributed by atoms with Crippen molar-refractivity contribution < 1.29 is 4.39 Å². The Labute approximate surface area is 161 Å². The van der Waals surface area contributed by atoms with Gasteiger partial charge in [-0.05, 0) is 50.3 Å². The highest BCUT2D eigenvalue weighted by Gasteiger charge is 2.25. The number of fused-ring (bicyclic) bond motifs is 2. The predicted molar refractivity (Wildman–Crippen MR) is 107 cm³/mol. The van der Waals surface area contributed by atoms with Crippen LogP contribution in [0.15, 0.2) is 41.7 Å². The molecule has 4 aromatic heterocycles. The molecule has 0 aromatic carbocycles. The number of hydrogen-bond donors (Lipinski definition) is 0. The van der Waals surface area contributed by atoms with E-state index < -0.39 is 0 Å². The lowest BCUT2D eigenvalue weighted by molar-refractivity contribution is 0.612. The zero-order valence-corrected chi connectivity index (χ0v) is 15.9. The number of nitrogens with zero attached hydrogens (tertiary/aromatic N) is 6. The summed E-state index contributed by atoms with van der Waals surface area (Å²) in [7, 11) is 0. The number of hydrogen-bond acceptors (Lipinski definition) is 4. The maximum absolute atomic E-state index is 15.1. The summed E-state index contributed by atoms with van der Waals surface area (Å²) in [6.07, 6.45) is 6.75. The molecule has 0 atom stereocenters. The number of aryl methyl sites for hydroxylation is 1. The van der Waals surface area contributed by atoms with Crippen molar-refractivity contribution in [3.8, 4) is 11.3 Å². The summed E-state index contributed by atoms with van der Waals surface area (Å²) in [5.74, 6) is 0.718. The van der Waals surface area contributed by atoms with Gasteiger partial charge in [-0.3, -0.25) is 0 Å². The summed E-state index contributed by atoms with van der Waals surface area (Å²) in [5.41, 5.74) is 3.51. The molecular formula is C21H21FN6. The topological polar surface area (TPSA) is 60.4 Å². The van der Waals surface area contributed by atoms with Crippen LogP contribution >= 0.6 is 0 Å². The Hall–Kier alpha value is -3.09. The van der Waals surface area contributed by atoms with Gasteiger partial charge in [0.25, 0.3) is 0 Å². The van der Waals surface area contributed by atoms with E-state index in [0.717, 1.165) is 17.6 Å². The molecule has 4 heterocycles. The molecule has 0 N–H and O–H groups in total. The van der Waals surface area contributed by atoms with E-state index in [1.807, 2.05) is 36.0 Å². The number of pyridine rings is 2. The van der Waals surface area contributed by atoms with Crippen LogP contribution in [0.2, 0.25) is 0 Å². The van der Waals surface area contributed by atoms with Crippen LogP contribution in [-0.2, 0) is 6.54 Å². The van der Waals surface area contributed by atoms with Crippen LogP contribution in [-0.4, -0.2) is 30.1 Å². The van der Waals surface area contributed by atoms with Crippen molar-refractivity contribution in [1.29, 1.82) is 0 Å². The summed E-state index contributed by atoms with van der Waals surface area (Å²) in [4.78, 5) is 9.37. The molecule has 4 aromatic rings. The minimum atomic E-state index is -0.386. The van der Waals surface area contributed by atoms with Crippen LogP contribution in [0, 0.1) is 11.7 Å². The van der Waals surface area contributed by atoms with E-state index in [0.29, 0.717) is 40.6 Å². The van der Waals surface area contributed by atoms with Gasteiger partial charge in [-0.25, -0.2) is 23.6 Å². The quantitative estimate of drug-likeness (QED) is 0.470. The summed E-state index contributed by atoms with van der Waals surface area (Å²) in [5, 5.41) is 9.60. The Morgan fingerprint density at radius 3 is 2.96 bits per heavy atom. The van der Waals surface area contributed by atoms with Gasteiger partial charge in [-0.1, -0.05) is 13.0 Å². The Balaban J connectivity index is 1.71. The first-order valence-electron chi connectivity index (χ1n) is 9.70. The van der Waals surface area contributed by atoms with Crippen molar-refractivity contribution in [2.45, 2.75) is 39.7 Å². The average molecular weight is 376 g/mol. The minimum absolute atomic E-state index is 0.292. The molecule has 1 saturated carbocycles. The molecule has 142 valence electrons. The van der Waals surface area contributed by atoms with E-state index in [-0.39, 0.29) is 5.82 Å². The Kier molecular flexibility index (Phi) is 3.96. The minimum Gasteiger partial charge on any atom is -0.245 e. The first-order chi connectivity index (χ1) is 13.7. The Morgan fingerprint density at radius 2 is 2.18 bits per heavy atom. The molecule has 0 aliphatic heterocycles. The zero-order valence-electron chi connectivity index (χ0n) is 15.9. The second-order valence-corrected chi connectivity index (χ2v) is 7.35. The summed E-state index contributed by atoms with van der Waals surface area (Å²) < 4.78 is 18.7. The maximum Gasteiger partial charge on any atom is 0.183 e. The third-order valence-electron chi connectivity index (χ3n) is 5.22. The van der Waals surface area contributed by atoms with Gasteiger partial charge in [0.05, 0.1) is 17.1 Å². The van der Waals surface area contributed by atoms with Crippen molar-refractivity contribution in [3.63, 3.8) is 0 Å². The fourth-order valence-electron chi connectivity index (χ4n) is 3.57. The SMILES string of the molecule is CCCn1nc(N=C(C)C2CC2)c2cc(F)c(-c3cnn4ccccc34)nc21. The van der Waals surface area contributed by atoms with Gasteiger partial charge >= 0.3 is 0 Å². The van der Waals surface area contributed by atoms with E-state index in [9.17, 15) is 0 Å². The Bertz CT molecular complexity index is 1210. The van der Waals surface area contributed by atoms with Gasteiger partial charge in [0.1, 0.15) is 5.69 Å². The largest absolute Gasteiger partial charge is 0.245 e. The molecule has 0 saturated heterocycles.